The van der Waals surface area contributed by atoms with Crippen LogP contribution in [0.5, 0.6) is 0 Å². The van der Waals surface area contributed by atoms with Crippen molar-refractivity contribution in [1.82, 2.24) is 0 Å². The maximum atomic E-state index is 12.5. The first kappa shape index (κ1) is 10.8. The fraction of sp³-hybridized carbons (Fsp3) is 0.444. The second kappa shape index (κ2) is 3.48. The van der Waals surface area contributed by atoms with Crippen molar-refractivity contribution in [1.29, 1.82) is 0 Å². The largest absolute Gasteiger partial charge is 0.442 e. The highest BCUT2D eigenvalue weighted by Gasteiger charge is 2.57. The molecule has 1 heterocycles. The molecule has 0 aliphatic carbocycles. The van der Waals surface area contributed by atoms with Gasteiger partial charge in [0.2, 0.25) is 5.60 Å². The van der Waals surface area contributed by atoms with Gasteiger partial charge in [0.1, 0.15) is 0 Å². The van der Waals surface area contributed by atoms with Crippen molar-refractivity contribution in [3.63, 3.8) is 0 Å². The quantitative estimate of drug-likeness (QED) is 0.523. The number of allylic oxidation sites excluding steroid dienone is 1. The van der Waals surface area contributed by atoms with Gasteiger partial charge in [-0.3, -0.25) is 0 Å². The van der Waals surface area contributed by atoms with Crippen molar-refractivity contribution in [2.24, 2.45) is 0 Å². The van der Waals surface area contributed by atoms with Gasteiger partial charge < -0.3 is 4.74 Å². The molecule has 5 heteroatoms. The molecular formula is C9H9F3O2. The molecule has 78 valence electrons. The molecule has 0 N–H and O–H groups in total. The summed E-state index contributed by atoms with van der Waals surface area (Å²) in [6, 6.07) is 0. The Labute approximate surface area is 79.0 Å². The Bertz CT molecular complexity index is 280. The zero-order valence-electron chi connectivity index (χ0n) is 7.30. The van der Waals surface area contributed by atoms with Crippen LogP contribution in [0, 0.1) is 0 Å². The average molecular weight is 206 g/mol. The number of esters is 1. The monoisotopic (exact) mass is 206 g/mol. The minimum atomic E-state index is -4.57. The molecule has 14 heavy (non-hydrogen) atoms. The van der Waals surface area contributed by atoms with Crippen LogP contribution in [0.1, 0.15) is 12.8 Å². The predicted octanol–water partition coefficient (Wildman–Crippen LogP) is 2.37. The molecule has 0 spiro atoms. The minimum absolute atomic E-state index is 0.136. The van der Waals surface area contributed by atoms with Crippen LogP contribution in [0.3, 0.4) is 0 Å². The zero-order chi connectivity index (χ0) is 10.8. The normalized spacial score (nSPS) is 26.4. The van der Waals surface area contributed by atoms with E-state index in [-0.39, 0.29) is 12.8 Å². The first-order valence-corrected chi connectivity index (χ1v) is 4.01. The van der Waals surface area contributed by atoms with E-state index in [1.165, 1.54) is 6.08 Å². The molecule has 0 unspecified atom stereocenters. The third-order valence-corrected chi connectivity index (χ3v) is 1.97. The Kier molecular flexibility index (Phi) is 2.69. The number of hydrogen-bond donors (Lipinski definition) is 0. The average Bonchev–Trinajstić information content (AvgIpc) is 2.44. The molecule has 0 saturated carbocycles. The molecule has 0 bridgehead atoms. The number of alkyl halides is 3. The molecular weight excluding hydrogens is 197 g/mol. The van der Waals surface area contributed by atoms with E-state index in [1.54, 1.807) is 0 Å². The smallest absolute Gasteiger partial charge is 0.432 e. The highest BCUT2D eigenvalue weighted by molar-refractivity contribution is 5.85. The molecule has 1 aliphatic rings. The first-order valence-electron chi connectivity index (χ1n) is 4.01. The van der Waals surface area contributed by atoms with E-state index < -0.39 is 17.7 Å². The van der Waals surface area contributed by atoms with Gasteiger partial charge >= 0.3 is 12.1 Å². The van der Waals surface area contributed by atoms with Crippen molar-refractivity contribution in [2.75, 3.05) is 0 Å². The molecule has 1 aliphatic heterocycles. The van der Waals surface area contributed by atoms with Crippen molar-refractivity contribution >= 4 is 5.97 Å². The summed E-state index contributed by atoms with van der Waals surface area (Å²) in [6.45, 7) is 3.32. The third kappa shape index (κ3) is 1.81. The molecule has 0 radical (unpaired) electrons. The summed E-state index contributed by atoms with van der Waals surface area (Å²) in [5, 5.41) is 0. The van der Waals surface area contributed by atoms with E-state index in [0.29, 0.717) is 0 Å². The predicted molar refractivity (Wildman–Crippen MR) is 43.4 cm³/mol. The fourth-order valence-corrected chi connectivity index (χ4v) is 1.20. The summed E-state index contributed by atoms with van der Waals surface area (Å²) in [4.78, 5) is 10.6. The van der Waals surface area contributed by atoms with Crippen LogP contribution < -0.4 is 0 Å². The summed E-state index contributed by atoms with van der Waals surface area (Å²) >= 11 is 0. The summed E-state index contributed by atoms with van der Waals surface area (Å²) < 4.78 is 41.9. The number of halogens is 3. The molecule has 0 aromatic carbocycles. The second-order valence-corrected chi connectivity index (χ2v) is 2.97. The van der Waals surface area contributed by atoms with Crippen LogP contribution in [0.15, 0.2) is 24.8 Å². The van der Waals surface area contributed by atoms with Gasteiger partial charge in [0, 0.05) is 12.5 Å². The van der Waals surface area contributed by atoms with Crippen molar-refractivity contribution in [2.45, 2.75) is 24.6 Å². The van der Waals surface area contributed by atoms with Crippen LogP contribution in [-0.4, -0.2) is 17.7 Å². The van der Waals surface area contributed by atoms with Gasteiger partial charge in [0.05, 0.1) is 0 Å². The van der Waals surface area contributed by atoms with Gasteiger partial charge in [-0.1, -0.05) is 6.08 Å². The lowest BCUT2D eigenvalue weighted by molar-refractivity contribution is -0.247. The highest BCUT2D eigenvalue weighted by atomic mass is 19.4. The second-order valence-electron chi connectivity index (χ2n) is 2.97. The Morgan fingerprint density at radius 3 is 2.57 bits per heavy atom. The lowest BCUT2D eigenvalue weighted by Crippen LogP contribution is -2.44. The summed E-state index contributed by atoms with van der Waals surface area (Å²) in [6.07, 6.45) is -1.83. The minimum Gasteiger partial charge on any atom is -0.442 e. The Balaban J connectivity index is 2.87. The standard InChI is InChI=1S/C9H9F3O2/c1-2-3-5-8(9(10,11)12)6-4-7(13)14-8/h2,4,6H,1,3,5H2/t8-/m1/s1. The van der Waals surface area contributed by atoms with Crippen molar-refractivity contribution in [3.8, 4) is 0 Å². The van der Waals surface area contributed by atoms with Gasteiger partial charge in [-0.15, -0.1) is 6.58 Å². The maximum absolute atomic E-state index is 12.5. The van der Waals surface area contributed by atoms with Gasteiger partial charge in [-0.25, -0.2) is 4.79 Å². The van der Waals surface area contributed by atoms with E-state index >= 15 is 0 Å². The Morgan fingerprint density at radius 2 is 2.21 bits per heavy atom. The number of carbonyl (C=O) groups excluding carboxylic acids is 1. The number of hydrogen-bond acceptors (Lipinski definition) is 2. The SMILES string of the molecule is C=CCC[C@]1(C(F)(F)F)C=CC(=O)O1. The van der Waals surface area contributed by atoms with E-state index in [4.69, 9.17) is 0 Å². The zero-order valence-corrected chi connectivity index (χ0v) is 7.30. The molecule has 0 fully saturated rings. The fourth-order valence-electron chi connectivity index (χ4n) is 1.20. The van der Waals surface area contributed by atoms with Crippen LogP contribution in [0.4, 0.5) is 13.2 Å². The topological polar surface area (TPSA) is 26.3 Å². The Hall–Kier alpha value is -1.26. The molecule has 1 rings (SSSR count). The molecule has 0 aromatic heterocycles. The first-order chi connectivity index (χ1) is 6.41. The molecule has 0 amide bonds. The van der Waals surface area contributed by atoms with Gasteiger partial charge in [0.15, 0.2) is 0 Å². The number of cyclic esters (lactones) is 1. The van der Waals surface area contributed by atoms with Crippen LogP contribution in [0.2, 0.25) is 0 Å². The third-order valence-electron chi connectivity index (χ3n) is 1.97. The number of ether oxygens (including phenoxy) is 1. The van der Waals surface area contributed by atoms with Crippen LogP contribution >= 0.6 is 0 Å². The van der Waals surface area contributed by atoms with E-state index in [1.807, 2.05) is 0 Å². The van der Waals surface area contributed by atoms with Crippen molar-refractivity contribution < 1.29 is 22.7 Å². The molecule has 1 atom stereocenters. The molecule has 0 aromatic rings. The summed E-state index contributed by atoms with van der Waals surface area (Å²) in [5.74, 6) is -0.952. The van der Waals surface area contributed by atoms with Crippen LogP contribution in [0.25, 0.3) is 0 Å². The lowest BCUT2D eigenvalue weighted by atomic mass is 9.97. The van der Waals surface area contributed by atoms with E-state index in [2.05, 4.69) is 11.3 Å². The summed E-state index contributed by atoms with van der Waals surface area (Å²) in [7, 11) is 0. The molecule has 2 nitrogen and oxygen atoms in total. The van der Waals surface area contributed by atoms with Gasteiger partial charge in [0.25, 0.3) is 0 Å². The van der Waals surface area contributed by atoms with Crippen molar-refractivity contribution in [3.05, 3.63) is 24.8 Å². The summed E-state index contributed by atoms with van der Waals surface area (Å²) in [5.41, 5.74) is -2.45. The van der Waals surface area contributed by atoms with E-state index in [0.717, 1.165) is 12.2 Å². The number of carbonyl (C=O) groups is 1. The lowest BCUT2D eigenvalue weighted by Gasteiger charge is -2.28. The highest BCUT2D eigenvalue weighted by Crippen LogP contribution is 2.41. The van der Waals surface area contributed by atoms with Gasteiger partial charge in [-0.2, -0.15) is 13.2 Å². The van der Waals surface area contributed by atoms with Gasteiger partial charge in [-0.05, 0) is 12.5 Å². The maximum Gasteiger partial charge on any atom is 0.432 e. The van der Waals surface area contributed by atoms with Crippen LogP contribution in [-0.2, 0) is 9.53 Å². The van der Waals surface area contributed by atoms with E-state index in [9.17, 15) is 18.0 Å². The Morgan fingerprint density at radius 1 is 1.57 bits per heavy atom. The number of rotatable bonds is 3. The molecule has 0 saturated heterocycles.